The molecule has 1 amide bonds. The second-order valence-corrected chi connectivity index (χ2v) is 8.93. The molecule has 2 saturated heterocycles. The molecule has 2 aromatic heterocycles. The van der Waals surface area contributed by atoms with E-state index < -0.39 is 29.4 Å². The fourth-order valence-electron chi connectivity index (χ4n) is 4.99. The van der Waals surface area contributed by atoms with Crippen LogP contribution in [0.2, 0.25) is 0 Å². The standard InChI is InChI=1S/C24H24F3N5O3/c1-12(15-4-3-5-16(19(15)25)20(26)27)30-21-17-8-18(23(33)31(2)22(17)29-11-28-21)24(34)32-13-6-7-14(32)10-35-9-13/h3-5,8,11-14,20H,6-7,9-10H2,1-2H3,(H,28,29,30)/t12-,13?,14?/m1/s1. The lowest BCUT2D eigenvalue weighted by Gasteiger charge is -2.34. The number of hydrogen-bond donors (Lipinski definition) is 1. The highest BCUT2D eigenvalue weighted by Gasteiger charge is 2.41. The van der Waals surface area contributed by atoms with E-state index in [1.807, 2.05) is 0 Å². The van der Waals surface area contributed by atoms with Gasteiger partial charge in [0, 0.05) is 12.6 Å². The van der Waals surface area contributed by atoms with Crippen LogP contribution in [0.25, 0.3) is 11.0 Å². The molecule has 35 heavy (non-hydrogen) atoms. The summed E-state index contributed by atoms with van der Waals surface area (Å²) in [5.41, 5.74) is -0.861. The number of anilines is 1. The molecular formula is C24H24F3N5O3. The van der Waals surface area contributed by atoms with Gasteiger partial charge >= 0.3 is 0 Å². The van der Waals surface area contributed by atoms with E-state index in [4.69, 9.17) is 4.74 Å². The van der Waals surface area contributed by atoms with Crippen molar-refractivity contribution < 1.29 is 22.7 Å². The zero-order chi connectivity index (χ0) is 24.9. The molecule has 0 aliphatic carbocycles. The summed E-state index contributed by atoms with van der Waals surface area (Å²) in [6.45, 7) is 2.49. The molecule has 184 valence electrons. The van der Waals surface area contributed by atoms with Crippen LogP contribution in [-0.4, -0.2) is 50.6 Å². The predicted molar refractivity (Wildman–Crippen MR) is 122 cm³/mol. The number of aryl methyl sites for hydroxylation is 1. The highest BCUT2D eigenvalue weighted by atomic mass is 19.3. The maximum Gasteiger partial charge on any atom is 0.266 e. The molecule has 3 atom stereocenters. The first-order valence-electron chi connectivity index (χ1n) is 11.4. The topological polar surface area (TPSA) is 89.4 Å². The third-order valence-corrected chi connectivity index (χ3v) is 6.82. The third-order valence-electron chi connectivity index (χ3n) is 6.82. The zero-order valence-electron chi connectivity index (χ0n) is 19.2. The van der Waals surface area contributed by atoms with Gasteiger partial charge in [-0.25, -0.2) is 23.1 Å². The van der Waals surface area contributed by atoms with Gasteiger partial charge in [-0.3, -0.25) is 14.2 Å². The Kier molecular flexibility index (Phi) is 5.96. The Morgan fingerprint density at radius 2 is 1.86 bits per heavy atom. The van der Waals surface area contributed by atoms with E-state index in [2.05, 4.69) is 15.3 Å². The molecule has 3 aromatic rings. The van der Waals surface area contributed by atoms with Gasteiger partial charge in [0.05, 0.1) is 42.3 Å². The van der Waals surface area contributed by atoms with E-state index in [0.29, 0.717) is 18.6 Å². The van der Waals surface area contributed by atoms with Gasteiger partial charge in [-0.1, -0.05) is 18.2 Å². The molecule has 0 saturated carbocycles. The molecule has 2 aliphatic rings. The zero-order valence-corrected chi connectivity index (χ0v) is 19.2. The molecule has 8 nitrogen and oxygen atoms in total. The number of hydrogen-bond acceptors (Lipinski definition) is 6. The number of carbonyl (C=O) groups is 1. The molecule has 4 heterocycles. The summed E-state index contributed by atoms with van der Waals surface area (Å²) in [4.78, 5) is 36.7. The number of carbonyl (C=O) groups excluding carboxylic acids is 1. The largest absolute Gasteiger partial charge is 0.377 e. The van der Waals surface area contributed by atoms with Crippen LogP contribution in [-0.2, 0) is 11.8 Å². The van der Waals surface area contributed by atoms with Gasteiger partial charge in [0.25, 0.3) is 17.9 Å². The van der Waals surface area contributed by atoms with E-state index in [0.717, 1.165) is 18.9 Å². The van der Waals surface area contributed by atoms with Gasteiger partial charge in [0.15, 0.2) is 0 Å². The molecule has 11 heteroatoms. The molecular weight excluding hydrogens is 463 g/mol. The summed E-state index contributed by atoms with van der Waals surface area (Å²) in [6, 6.07) is 4.40. The van der Waals surface area contributed by atoms with E-state index in [1.165, 1.54) is 36.1 Å². The minimum absolute atomic E-state index is 0.0184. The molecule has 1 aromatic carbocycles. The number of alkyl halides is 2. The van der Waals surface area contributed by atoms with Crippen molar-refractivity contribution >= 4 is 22.8 Å². The van der Waals surface area contributed by atoms with Crippen molar-refractivity contribution in [1.29, 1.82) is 0 Å². The number of halogens is 3. The Labute approximate surface area is 198 Å². The lowest BCUT2D eigenvalue weighted by molar-refractivity contribution is -0.00726. The fourth-order valence-corrected chi connectivity index (χ4v) is 4.99. The van der Waals surface area contributed by atoms with Gasteiger partial charge in [-0.05, 0) is 25.8 Å². The van der Waals surface area contributed by atoms with Gasteiger partial charge in [-0.15, -0.1) is 0 Å². The first-order chi connectivity index (χ1) is 16.8. The minimum atomic E-state index is -2.94. The fraction of sp³-hybridized carbons (Fsp3) is 0.417. The average molecular weight is 487 g/mol. The molecule has 2 bridgehead atoms. The number of aromatic nitrogens is 3. The second-order valence-electron chi connectivity index (χ2n) is 8.93. The van der Waals surface area contributed by atoms with Crippen LogP contribution in [0.1, 0.15) is 53.7 Å². The number of amides is 1. The van der Waals surface area contributed by atoms with Crippen molar-refractivity contribution in [1.82, 2.24) is 19.4 Å². The Balaban J connectivity index is 1.54. The summed E-state index contributed by atoms with van der Waals surface area (Å²) < 4.78 is 47.9. The first-order valence-corrected chi connectivity index (χ1v) is 11.4. The smallest absolute Gasteiger partial charge is 0.266 e. The molecule has 5 rings (SSSR count). The van der Waals surface area contributed by atoms with Crippen LogP contribution in [0.15, 0.2) is 35.4 Å². The van der Waals surface area contributed by atoms with Crippen LogP contribution in [0.5, 0.6) is 0 Å². The summed E-state index contributed by atoms with van der Waals surface area (Å²) in [6.07, 6.45) is -0.0605. The third kappa shape index (κ3) is 3.93. The van der Waals surface area contributed by atoms with Crippen molar-refractivity contribution in [2.45, 2.75) is 44.3 Å². The number of nitrogens with one attached hydrogen (secondary N) is 1. The van der Waals surface area contributed by atoms with E-state index in [9.17, 15) is 22.8 Å². The monoisotopic (exact) mass is 487 g/mol. The van der Waals surface area contributed by atoms with Gasteiger partial charge in [-0.2, -0.15) is 0 Å². The van der Waals surface area contributed by atoms with E-state index in [1.54, 1.807) is 11.8 Å². The molecule has 2 fully saturated rings. The Hall–Kier alpha value is -3.47. The molecule has 0 spiro atoms. The number of benzene rings is 1. The van der Waals surface area contributed by atoms with Crippen LogP contribution in [0.4, 0.5) is 19.0 Å². The number of rotatable bonds is 5. The Morgan fingerprint density at radius 1 is 1.17 bits per heavy atom. The normalized spacial score (nSPS) is 20.5. The molecule has 1 N–H and O–H groups in total. The molecule has 0 radical (unpaired) electrons. The van der Waals surface area contributed by atoms with Crippen LogP contribution >= 0.6 is 0 Å². The van der Waals surface area contributed by atoms with Crippen molar-refractivity contribution in [3.8, 4) is 0 Å². The highest BCUT2D eigenvalue weighted by molar-refractivity contribution is 5.99. The molecule has 2 unspecified atom stereocenters. The van der Waals surface area contributed by atoms with Crippen LogP contribution in [0, 0.1) is 5.82 Å². The average Bonchev–Trinajstić information content (AvgIpc) is 3.09. The predicted octanol–water partition coefficient (Wildman–Crippen LogP) is 3.58. The minimum Gasteiger partial charge on any atom is -0.377 e. The number of nitrogens with zero attached hydrogens (tertiary/aromatic N) is 4. The maximum atomic E-state index is 14.7. The van der Waals surface area contributed by atoms with E-state index in [-0.39, 0.29) is 40.6 Å². The SMILES string of the molecule is C[C@@H](Nc1ncnc2c1cc(C(=O)N1C3CCC1COC3)c(=O)n2C)c1cccc(C(F)F)c1F. The molecule has 2 aliphatic heterocycles. The number of ether oxygens (including phenoxy) is 1. The van der Waals surface area contributed by atoms with E-state index >= 15 is 0 Å². The summed E-state index contributed by atoms with van der Waals surface area (Å²) >= 11 is 0. The summed E-state index contributed by atoms with van der Waals surface area (Å²) in [5.74, 6) is -1.12. The lowest BCUT2D eigenvalue weighted by atomic mass is 10.0. The van der Waals surface area contributed by atoms with Gasteiger partial charge in [0.1, 0.15) is 29.2 Å². The lowest BCUT2D eigenvalue weighted by Crippen LogP contribution is -2.50. The summed E-state index contributed by atoms with van der Waals surface area (Å²) in [5, 5.41) is 3.42. The number of morpholine rings is 1. The Morgan fingerprint density at radius 3 is 2.54 bits per heavy atom. The van der Waals surface area contributed by atoms with Gasteiger partial charge in [0.2, 0.25) is 0 Å². The highest BCUT2D eigenvalue weighted by Crippen LogP contribution is 2.32. The first kappa shape index (κ1) is 23.3. The second kappa shape index (κ2) is 8.95. The van der Waals surface area contributed by atoms with Crippen LogP contribution in [0.3, 0.4) is 0 Å². The quantitative estimate of drug-likeness (QED) is 0.592. The van der Waals surface area contributed by atoms with Crippen molar-refractivity contribution in [2.24, 2.45) is 7.05 Å². The summed E-state index contributed by atoms with van der Waals surface area (Å²) in [7, 11) is 1.52. The Bertz CT molecular complexity index is 1350. The maximum absolute atomic E-state index is 14.7. The van der Waals surface area contributed by atoms with Crippen molar-refractivity contribution in [3.63, 3.8) is 0 Å². The van der Waals surface area contributed by atoms with Crippen LogP contribution < -0.4 is 10.9 Å². The van der Waals surface area contributed by atoms with Crippen molar-refractivity contribution in [2.75, 3.05) is 18.5 Å². The van der Waals surface area contributed by atoms with Gasteiger partial charge < -0.3 is 15.0 Å². The number of pyridine rings is 1. The van der Waals surface area contributed by atoms with Crippen molar-refractivity contribution in [3.05, 3.63) is 63.5 Å². The number of fused-ring (bicyclic) bond motifs is 3.